The van der Waals surface area contributed by atoms with E-state index in [0.717, 1.165) is 12.5 Å². The van der Waals surface area contributed by atoms with Gasteiger partial charge in [0.2, 0.25) is 0 Å². The Bertz CT molecular complexity index is 64.5. The lowest BCUT2D eigenvalue weighted by atomic mass is 10.3. The van der Waals surface area contributed by atoms with Gasteiger partial charge in [0, 0.05) is 0 Å². The van der Waals surface area contributed by atoms with Gasteiger partial charge in [-0.05, 0) is 12.5 Å². The topological polar surface area (TPSA) is 20.2 Å². The van der Waals surface area contributed by atoms with Gasteiger partial charge in [-0.25, -0.2) is 0 Å². The summed E-state index contributed by atoms with van der Waals surface area (Å²) in [5.74, 6) is 0. The molecule has 0 saturated carbocycles. The van der Waals surface area contributed by atoms with Crippen molar-refractivity contribution in [2.24, 2.45) is 0 Å². The van der Waals surface area contributed by atoms with Crippen LogP contribution in [-0.4, -0.2) is 5.11 Å². The molecule has 0 bridgehead atoms. The summed E-state index contributed by atoms with van der Waals surface area (Å²) >= 11 is 0. The summed E-state index contributed by atoms with van der Waals surface area (Å²) in [6.45, 7) is 1.92. The van der Waals surface area contributed by atoms with E-state index in [0.29, 0.717) is 6.42 Å². The van der Waals surface area contributed by atoms with E-state index < -0.39 is 6.01 Å². The van der Waals surface area contributed by atoms with Gasteiger partial charge in [0.25, 0.3) is 6.01 Å². The third-order valence-corrected chi connectivity index (χ3v) is 0.601. The summed E-state index contributed by atoms with van der Waals surface area (Å²) in [7, 11) is 0. The second-order valence-electron chi connectivity index (χ2n) is 1.32. The van der Waals surface area contributed by atoms with Crippen LogP contribution in [0, 0.1) is 0 Å². The summed E-state index contributed by atoms with van der Waals surface area (Å²) in [5, 5.41) is 7.88. The van der Waals surface area contributed by atoms with Crippen molar-refractivity contribution >= 4 is 0 Å². The minimum Gasteiger partial charge on any atom is -0.487 e. The molecule has 0 spiro atoms. The van der Waals surface area contributed by atoms with Gasteiger partial charge in [0.05, 0.1) is 0 Å². The van der Waals surface area contributed by atoms with Gasteiger partial charge < -0.3 is 5.11 Å². The molecule has 0 aliphatic heterocycles. The zero-order valence-corrected chi connectivity index (χ0v) is 4.32. The van der Waals surface area contributed by atoms with Crippen LogP contribution < -0.4 is 0 Å². The van der Waals surface area contributed by atoms with Crippen LogP contribution in [0.5, 0.6) is 0 Å². The van der Waals surface area contributed by atoms with Crippen LogP contribution in [0.4, 0.5) is 4.39 Å². The highest BCUT2D eigenvalue weighted by atomic mass is 19.1. The fourth-order valence-corrected chi connectivity index (χ4v) is 0.263. The Morgan fingerprint density at radius 2 is 2.43 bits per heavy atom. The normalized spacial score (nSPS) is 12.0. The first-order valence-electron chi connectivity index (χ1n) is 2.32. The molecule has 0 radical (unpaired) electrons. The Morgan fingerprint density at radius 1 is 1.86 bits per heavy atom. The van der Waals surface area contributed by atoms with Gasteiger partial charge in [-0.1, -0.05) is 13.3 Å². The highest BCUT2D eigenvalue weighted by Crippen LogP contribution is 1.94. The van der Waals surface area contributed by atoms with Gasteiger partial charge in [0.1, 0.15) is 0 Å². The highest BCUT2D eigenvalue weighted by Gasteiger charge is 1.80. The van der Waals surface area contributed by atoms with Crippen LogP contribution in [-0.2, 0) is 0 Å². The average molecular weight is 104 g/mol. The second kappa shape index (κ2) is 3.65. The molecule has 0 aliphatic rings. The van der Waals surface area contributed by atoms with E-state index in [1.54, 1.807) is 0 Å². The molecule has 2 heteroatoms. The average Bonchev–Trinajstić information content (AvgIpc) is 1.61. The Balaban J connectivity index is 3.08. The monoisotopic (exact) mass is 104 g/mol. The third-order valence-electron chi connectivity index (χ3n) is 0.601. The van der Waals surface area contributed by atoms with E-state index in [4.69, 9.17) is 5.11 Å². The number of unbranched alkanes of at least 4 members (excludes halogenated alkanes) is 1. The fourth-order valence-electron chi connectivity index (χ4n) is 0.263. The molecule has 0 aromatic rings. The minimum atomic E-state index is -1.07. The molecule has 0 aromatic heterocycles. The summed E-state index contributed by atoms with van der Waals surface area (Å²) in [4.78, 5) is 0. The molecule has 0 fully saturated rings. The number of rotatable bonds is 2. The lowest BCUT2D eigenvalue weighted by Gasteiger charge is -1.80. The number of hydrogen-bond acceptors (Lipinski definition) is 1. The van der Waals surface area contributed by atoms with Crippen molar-refractivity contribution in [3.63, 3.8) is 0 Å². The predicted molar refractivity (Wildman–Crippen MR) is 26.7 cm³/mol. The zero-order chi connectivity index (χ0) is 5.70. The molecule has 0 unspecified atom stereocenters. The van der Waals surface area contributed by atoms with Crippen LogP contribution in [0.15, 0.2) is 12.1 Å². The van der Waals surface area contributed by atoms with Gasteiger partial charge in [-0.2, -0.15) is 4.39 Å². The molecule has 0 rings (SSSR count). The second-order valence-corrected chi connectivity index (χ2v) is 1.32. The third kappa shape index (κ3) is 5.47. The number of aliphatic hydroxyl groups excluding tert-OH is 1. The number of allylic oxidation sites excluding steroid dienone is 1. The standard InChI is InChI=1S/C5H9FO/c1-2-3-4-5(6)7/h4,7H,2-3H2,1H3/b5-4+. The van der Waals surface area contributed by atoms with Crippen LogP contribution in [0.3, 0.4) is 0 Å². The van der Waals surface area contributed by atoms with Crippen molar-refractivity contribution in [3.8, 4) is 0 Å². The lowest BCUT2D eigenvalue weighted by Crippen LogP contribution is -1.66. The maximum atomic E-state index is 11.3. The molecule has 0 amide bonds. The van der Waals surface area contributed by atoms with Gasteiger partial charge >= 0.3 is 0 Å². The number of halogens is 1. The summed E-state index contributed by atoms with van der Waals surface area (Å²) in [6, 6.07) is -1.07. The number of aliphatic hydroxyl groups is 1. The minimum absolute atomic E-state index is 0.613. The smallest absolute Gasteiger partial charge is 0.266 e. The van der Waals surface area contributed by atoms with E-state index in [9.17, 15) is 4.39 Å². The maximum Gasteiger partial charge on any atom is 0.266 e. The van der Waals surface area contributed by atoms with E-state index in [2.05, 4.69) is 0 Å². The zero-order valence-electron chi connectivity index (χ0n) is 4.32. The first-order valence-corrected chi connectivity index (χ1v) is 2.32. The van der Waals surface area contributed by atoms with E-state index in [1.807, 2.05) is 6.92 Å². The molecule has 42 valence electrons. The molecule has 0 heterocycles. The molecule has 1 N–H and O–H groups in total. The molecule has 0 aromatic carbocycles. The van der Waals surface area contributed by atoms with Crippen molar-refractivity contribution in [2.45, 2.75) is 19.8 Å². The van der Waals surface area contributed by atoms with Crippen molar-refractivity contribution in [1.82, 2.24) is 0 Å². The quantitative estimate of drug-likeness (QED) is 0.532. The summed E-state index contributed by atoms with van der Waals surface area (Å²) < 4.78 is 11.3. The summed E-state index contributed by atoms with van der Waals surface area (Å²) in [6.07, 6.45) is 2.64. The van der Waals surface area contributed by atoms with E-state index in [-0.39, 0.29) is 0 Å². The highest BCUT2D eigenvalue weighted by molar-refractivity contribution is 4.78. The van der Waals surface area contributed by atoms with Gasteiger partial charge in [-0.15, -0.1) is 0 Å². The van der Waals surface area contributed by atoms with Crippen LogP contribution >= 0.6 is 0 Å². The Labute approximate surface area is 42.5 Å². The predicted octanol–water partition coefficient (Wildman–Crippen LogP) is 2.16. The SMILES string of the molecule is CCC/C=C(/O)F. The number of hydrogen-bond donors (Lipinski definition) is 1. The molecular weight excluding hydrogens is 95.1 g/mol. The Kier molecular flexibility index (Phi) is 3.38. The van der Waals surface area contributed by atoms with Gasteiger partial charge in [0.15, 0.2) is 0 Å². The first kappa shape index (κ1) is 6.47. The van der Waals surface area contributed by atoms with Gasteiger partial charge in [-0.3, -0.25) is 0 Å². The van der Waals surface area contributed by atoms with E-state index >= 15 is 0 Å². The fraction of sp³-hybridized carbons (Fsp3) is 0.600. The van der Waals surface area contributed by atoms with Crippen molar-refractivity contribution < 1.29 is 9.50 Å². The molecule has 0 aliphatic carbocycles. The van der Waals surface area contributed by atoms with Crippen LogP contribution in [0.2, 0.25) is 0 Å². The molecular formula is C5H9FO. The largest absolute Gasteiger partial charge is 0.487 e. The molecule has 0 saturated heterocycles. The van der Waals surface area contributed by atoms with Crippen molar-refractivity contribution in [3.05, 3.63) is 12.1 Å². The molecule has 7 heavy (non-hydrogen) atoms. The molecule has 1 nitrogen and oxygen atoms in total. The van der Waals surface area contributed by atoms with Crippen molar-refractivity contribution in [2.75, 3.05) is 0 Å². The van der Waals surface area contributed by atoms with Crippen molar-refractivity contribution in [1.29, 1.82) is 0 Å². The summed E-state index contributed by atoms with van der Waals surface area (Å²) in [5.41, 5.74) is 0. The first-order chi connectivity index (χ1) is 3.27. The maximum absolute atomic E-state index is 11.3. The lowest BCUT2D eigenvalue weighted by molar-refractivity contribution is 0.280. The Morgan fingerprint density at radius 3 is 2.57 bits per heavy atom. The Hall–Kier alpha value is -0.530. The van der Waals surface area contributed by atoms with Crippen LogP contribution in [0.1, 0.15) is 19.8 Å². The van der Waals surface area contributed by atoms with Crippen LogP contribution in [0.25, 0.3) is 0 Å². The van der Waals surface area contributed by atoms with E-state index in [1.165, 1.54) is 0 Å². The molecule has 0 atom stereocenters.